The summed E-state index contributed by atoms with van der Waals surface area (Å²) in [6.07, 6.45) is -3.24. The van der Waals surface area contributed by atoms with Crippen molar-refractivity contribution >= 4 is 17.8 Å². The average molecular weight is 336 g/mol. The molecule has 1 aliphatic carbocycles. The predicted molar refractivity (Wildman–Crippen MR) is 72.3 cm³/mol. The van der Waals surface area contributed by atoms with Crippen molar-refractivity contribution < 1.29 is 32.7 Å². The fraction of sp³-hybridized carbons (Fsp3) is 0.786. The van der Waals surface area contributed by atoms with Gasteiger partial charge >= 0.3 is 12.1 Å². The van der Waals surface area contributed by atoms with Crippen LogP contribution in [0.4, 0.5) is 13.2 Å². The minimum absolute atomic E-state index is 0.0167. The predicted octanol–water partition coefficient (Wildman–Crippen LogP) is 1.11. The summed E-state index contributed by atoms with van der Waals surface area (Å²) in [6.45, 7) is -0.129. The van der Waals surface area contributed by atoms with E-state index in [1.807, 2.05) is 0 Å². The summed E-state index contributed by atoms with van der Waals surface area (Å²) >= 11 is 0. The van der Waals surface area contributed by atoms with Crippen molar-refractivity contribution in [1.29, 1.82) is 0 Å². The number of likely N-dealkylation sites (tertiary alicyclic amines) is 1. The molecule has 0 bridgehead atoms. The van der Waals surface area contributed by atoms with Crippen LogP contribution in [-0.2, 0) is 14.4 Å². The van der Waals surface area contributed by atoms with Crippen LogP contribution >= 0.6 is 0 Å². The SMILES string of the molecule is C[C@H](CN(C(=O)[C@@H]1CC(=O)N(CC(F)(F)F)C1)C1CC1)C(=O)O. The molecular weight excluding hydrogens is 317 g/mol. The molecule has 2 atom stereocenters. The number of nitrogens with zero attached hydrogens (tertiary/aromatic N) is 2. The molecule has 1 saturated carbocycles. The molecule has 1 saturated heterocycles. The number of hydrogen-bond donors (Lipinski definition) is 1. The number of hydrogen-bond acceptors (Lipinski definition) is 3. The van der Waals surface area contributed by atoms with Crippen molar-refractivity contribution in [3.8, 4) is 0 Å². The number of carboxylic acids is 1. The number of carbonyl (C=O) groups is 3. The van der Waals surface area contributed by atoms with Crippen molar-refractivity contribution in [2.45, 2.75) is 38.4 Å². The van der Waals surface area contributed by atoms with E-state index >= 15 is 0 Å². The molecule has 2 amide bonds. The molecule has 2 aliphatic rings. The first kappa shape index (κ1) is 17.6. The molecule has 9 heteroatoms. The molecule has 1 heterocycles. The fourth-order valence-corrected chi connectivity index (χ4v) is 2.72. The van der Waals surface area contributed by atoms with Gasteiger partial charge in [0.2, 0.25) is 11.8 Å². The van der Waals surface area contributed by atoms with E-state index in [9.17, 15) is 27.6 Å². The van der Waals surface area contributed by atoms with E-state index in [1.54, 1.807) is 0 Å². The lowest BCUT2D eigenvalue weighted by Gasteiger charge is -2.27. The van der Waals surface area contributed by atoms with Gasteiger partial charge in [-0.1, -0.05) is 6.92 Å². The third kappa shape index (κ3) is 4.59. The monoisotopic (exact) mass is 336 g/mol. The van der Waals surface area contributed by atoms with Gasteiger partial charge in [-0.25, -0.2) is 0 Å². The molecular formula is C14H19F3N2O4. The number of alkyl halides is 3. The van der Waals surface area contributed by atoms with Gasteiger partial charge in [-0.15, -0.1) is 0 Å². The van der Waals surface area contributed by atoms with Gasteiger partial charge in [0.05, 0.1) is 11.8 Å². The summed E-state index contributed by atoms with van der Waals surface area (Å²) in [5.41, 5.74) is 0. The van der Waals surface area contributed by atoms with Gasteiger partial charge in [-0.2, -0.15) is 13.2 Å². The normalized spacial score (nSPS) is 23.0. The number of rotatable bonds is 6. The Morgan fingerprint density at radius 2 is 2.00 bits per heavy atom. The second kappa shape index (κ2) is 6.37. The third-order valence-corrected chi connectivity index (χ3v) is 4.10. The van der Waals surface area contributed by atoms with Gasteiger partial charge in [-0.05, 0) is 12.8 Å². The van der Waals surface area contributed by atoms with Gasteiger partial charge < -0.3 is 14.9 Å². The second-order valence-electron chi connectivity index (χ2n) is 6.25. The van der Waals surface area contributed by atoms with Crippen LogP contribution in [0.5, 0.6) is 0 Å². The summed E-state index contributed by atoms with van der Waals surface area (Å²) < 4.78 is 37.2. The quantitative estimate of drug-likeness (QED) is 0.788. The maximum atomic E-state index is 12.5. The molecule has 2 fully saturated rings. The summed E-state index contributed by atoms with van der Waals surface area (Å²) in [6, 6.07) is -0.0592. The Hall–Kier alpha value is -1.80. The van der Waals surface area contributed by atoms with Crippen molar-refractivity contribution in [3.63, 3.8) is 0 Å². The Balaban J connectivity index is 2.01. The zero-order valence-electron chi connectivity index (χ0n) is 12.7. The van der Waals surface area contributed by atoms with E-state index in [2.05, 4.69) is 0 Å². The standard InChI is InChI=1S/C14H19F3N2O4/c1-8(13(22)23)5-19(10-2-3-10)12(21)9-4-11(20)18(6-9)7-14(15,16)17/h8-10H,2-7H2,1H3,(H,22,23)/t8-,9-/m1/s1. The molecule has 0 unspecified atom stereocenters. The molecule has 130 valence electrons. The first-order valence-corrected chi connectivity index (χ1v) is 7.46. The zero-order chi connectivity index (χ0) is 17.4. The van der Waals surface area contributed by atoms with Crippen LogP contribution in [-0.4, -0.2) is 64.5 Å². The van der Waals surface area contributed by atoms with Gasteiger partial charge in [-0.3, -0.25) is 14.4 Å². The van der Waals surface area contributed by atoms with Gasteiger partial charge in [0.25, 0.3) is 0 Å². The largest absolute Gasteiger partial charge is 0.481 e. The first-order chi connectivity index (χ1) is 10.6. The van der Waals surface area contributed by atoms with Crippen molar-refractivity contribution in [1.82, 2.24) is 9.80 Å². The van der Waals surface area contributed by atoms with E-state index < -0.39 is 42.3 Å². The van der Waals surface area contributed by atoms with Crippen molar-refractivity contribution in [2.24, 2.45) is 11.8 Å². The van der Waals surface area contributed by atoms with Gasteiger partial charge in [0.1, 0.15) is 6.54 Å². The lowest BCUT2D eigenvalue weighted by molar-refractivity contribution is -0.157. The highest BCUT2D eigenvalue weighted by Gasteiger charge is 2.44. The minimum atomic E-state index is -4.50. The maximum Gasteiger partial charge on any atom is 0.406 e. The number of aliphatic carboxylic acids is 1. The first-order valence-electron chi connectivity index (χ1n) is 7.46. The molecule has 23 heavy (non-hydrogen) atoms. The van der Waals surface area contributed by atoms with Crippen molar-refractivity contribution in [3.05, 3.63) is 0 Å². The third-order valence-electron chi connectivity index (χ3n) is 4.10. The highest BCUT2D eigenvalue weighted by atomic mass is 19.4. The lowest BCUT2D eigenvalue weighted by atomic mass is 10.1. The minimum Gasteiger partial charge on any atom is -0.481 e. The fourth-order valence-electron chi connectivity index (χ4n) is 2.72. The number of amides is 2. The van der Waals surface area contributed by atoms with E-state index in [0.29, 0.717) is 4.90 Å². The molecule has 0 aromatic carbocycles. The summed E-state index contributed by atoms with van der Waals surface area (Å²) in [5, 5.41) is 8.97. The van der Waals surface area contributed by atoms with Gasteiger partial charge in [0.15, 0.2) is 0 Å². The topological polar surface area (TPSA) is 77.9 Å². The summed E-state index contributed by atoms with van der Waals surface area (Å²) in [5.74, 6) is -3.74. The van der Waals surface area contributed by atoms with Gasteiger partial charge in [0, 0.05) is 25.6 Å². The van der Waals surface area contributed by atoms with E-state index in [4.69, 9.17) is 5.11 Å². The molecule has 1 N–H and O–H groups in total. The van der Waals surface area contributed by atoms with E-state index in [1.165, 1.54) is 11.8 Å². The molecule has 0 aromatic heterocycles. The van der Waals surface area contributed by atoms with Crippen LogP contribution in [0, 0.1) is 11.8 Å². The Labute approximate surface area is 131 Å². The maximum absolute atomic E-state index is 12.5. The van der Waals surface area contributed by atoms with Crippen LogP contribution < -0.4 is 0 Å². The smallest absolute Gasteiger partial charge is 0.406 e. The Bertz CT molecular complexity index is 505. The van der Waals surface area contributed by atoms with Crippen LogP contribution in [0.2, 0.25) is 0 Å². The molecule has 0 aromatic rings. The van der Waals surface area contributed by atoms with Crippen LogP contribution in [0.3, 0.4) is 0 Å². The molecule has 2 rings (SSSR count). The highest BCUT2D eigenvalue weighted by molar-refractivity contribution is 5.89. The average Bonchev–Trinajstić information content (AvgIpc) is 3.19. The molecule has 1 aliphatic heterocycles. The summed E-state index contributed by atoms with van der Waals surface area (Å²) in [7, 11) is 0. The zero-order valence-corrected chi connectivity index (χ0v) is 12.7. The molecule has 6 nitrogen and oxygen atoms in total. The highest BCUT2D eigenvalue weighted by Crippen LogP contribution is 2.32. The van der Waals surface area contributed by atoms with E-state index in [-0.39, 0.29) is 25.6 Å². The van der Waals surface area contributed by atoms with Crippen molar-refractivity contribution in [2.75, 3.05) is 19.6 Å². The lowest BCUT2D eigenvalue weighted by Crippen LogP contribution is -2.43. The van der Waals surface area contributed by atoms with Crippen LogP contribution in [0.15, 0.2) is 0 Å². The Morgan fingerprint density at radius 1 is 1.39 bits per heavy atom. The van der Waals surface area contributed by atoms with E-state index in [0.717, 1.165) is 12.8 Å². The Kier molecular flexibility index (Phi) is 4.86. The molecule has 0 radical (unpaired) electrons. The molecule has 0 spiro atoms. The van der Waals surface area contributed by atoms with Crippen LogP contribution in [0.1, 0.15) is 26.2 Å². The number of carbonyl (C=O) groups excluding carboxylic acids is 2. The number of halogens is 3. The van der Waals surface area contributed by atoms with Crippen LogP contribution in [0.25, 0.3) is 0 Å². The second-order valence-corrected chi connectivity index (χ2v) is 6.25. The summed E-state index contributed by atoms with van der Waals surface area (Å²) in [4.78, 5) is 37.2. The number of carboxylic acid groups (broad SMARTS) is 1. The Morgan fingerprint density at radius 3 is 2.48 bits per heavy atom.